The topological polar surface area (TPSA) is 75.1 Å². The van der Waals surface area contributed by atoms with Gasteiger partial charge in [-0.25, -0.2) is 9.19 Å². The first-order valence-electron chi connectivity index (χ1n) is 10.6. The van der Waals surface area contributed by atoms with Crippen LogP contribution in [0.15, 0.2) is 45.8 Å². The molecule has 2 atom stereocenters. The second-order valence-corrected chi connectivity index (χ2v) is 10.5. The Bertz CT molecular complexity index is 1150. The average Bonchev–Trinajstić information content (AvgIpc) is 3.26. The summed E-state index contributed by atoms with van der Waals surface area (Å²) in [6.07, 6.45) is -1.98. The summed E-state index contributed by atoms with van der Waals surface area (Å²) in [5.74, 6) is -0.757. The number of rotatable bonds is 4. The lowest BCUT2D eigenvalue weighted by Crippen LogP contribution is -2.47. The molecule has 1 aromatic heterocycles. The van der Waals surface area contributed by atoms with Gasteiger partial charge < -0.3 is 9.64 Å². The molecule has 0 spiro atoms. The molecule has 0 radical (unpaired) electrons. The quantitative estimate of drug-likeness (QED) is 0.665. The predicted octanol–water partition coefficient (Wildman–Crippen LogP) is 3.45. The number of aromatic nitrogens is 1. The number of nitrogens with zero attached hydrogens (tertiary/aromatic N) is 4. The summed E-state index contributed by atoms with van der Waals surface area (Å²) < 4.78 is 58.4. The Balaban J connectivity index is 1.39. The van der Waals surface area contributed by atoms with Crippen LogP contribution in [0.25, 0.3) is 0 Å². The Morgan fingerprint density at radius 2 is 1.91 bits per heavy atom. The summed E-state index contributed by atoms with van der Waals surface area (Å²) in [5.41, 5.74) is 2.46. The van der Waals surface area contributed by atoms with Gasteiger partial charge in [0.05, 0.1) is 21.2 Å². The van der Waals surface area contributed by atoms with Gasteiger partial charge in [-0.2, -0.15) is 13.2 Å². The number of carbonyl (C=O) groups is 1. The molecule has 1 unspecified atom stereocenters. The number of hydrogen-bond donors (Lipinski definition) is 0. The van der Waals surface area contributed by atoms with E-state index in [0.717, 1.165) is 51.2 Å². The zero-order valence-electron chi connectivity index (χ0n) is 18.3. The molecule has 178 valence electrons. The molecule has 1 aromatic carbocycles. The number of fused-ring (bicyclic) bond motifs is 1. The first-order chi connectivity index (χ1) is 15.5. The minimum atomic E-state index is -5.16. The van der Waals surface area contributed by atoms with Gasteiger partial charge in [0.2, 0.25) is 0 Å². The second-order valence-electron chi connectivity index (χ2n) is 8.21. The molecular formula is C22H25F3N4O3S. The number of amides is 1. The van der Waals surface area contributed by atoms with Crippen LogP contribution in [0.2, 0.25) is 0 Å². The normalized spacial score (nSPS) is 19.4. The first-order valence-corrected chi connectivity index (χ1v) is 12.5. The van der Waals surface area contributed by atoms with Crippen LogP contribution in [0.1, 0.15) is 24.1 Å². The minimum absolute atomic E-state index is 0.0186. The van der Waals surface area contributed by atoms with E-state index in [1.807, 2.05) is 0 Å². The van der Waals surface area contributed by atoms with E-state index >= 15 is 0 Å². The van der Waals surface area contributed by atoms with Crippen molar-refractivity contribution in [3.05, 3.63) is 47.7 Å². The Hall–Kier alpha value is -2.66. The van der Waals surface area contributed by atoms with Gasteiger partial charge in [-0.15, -0.1) is 4.36 Å². The van der Waals surface area contributed by atoms with Crippen LogP contribution in [0.4, 0.5) is 19.0 Å². The summed E-state index contributed by atoms with van der Waals surface area (Å²) in [6, 6.07) is 9.66. The summed E-state index contributed by atoms with van der Waals surface area (Å²) in [5, 5.41) is 0. The molecule has 0 N–H and O–H groups in total. The number of hydrogen-bond acceptors (Lipinski definition) is 6. The van der Waals surface area contributed by atoms with Gasteiger partial charge in [-0.1, -0.05) is 12.1 Å². The third-order valence-electron chi connectivity index (χ3n) is 6.05. The molecule has 1 fully saturated rings. The number of piperazine rings is 1. The Kier molecular flexibility index (Phi) is 6.37. The Morgan fingerprint density at radius 1 is 1.18 bits per heavy atom. The van der Waals surface area contributed by atoms with Crippen LogP contribution < -0.4 is 9.64 Å². The molecular weight excluding hydrogens is 457 g/mol. The van der Waals surface area contributed by atoms with Crippen molar-refractivity contribution in [3.63, 3.8) is 0 Å². The van der Waals surface area contributed by atoms with Gasteiger partial charge in [0, 0.05) is 51.1 Å². The van der Waals surface area contributed by atoms with Crippen LogP contribution in [0.5, 0.6) is 5.75 Å². The molecule has 11 heteroatoms. The van der Waals surface area contributed by atoms with E-state index in [1.165, 1.54) is 23.4 Å². The maximum absolute atomic E-state index is 12.5. The molecule has 3 heterocycles. The zero-order valence-corrected chi connectivity index (χ0v) is 19.2. The molecule has 1 saturated heterocycles. The van der Waals surface area contributed by atoms with Crippen molar-refractivity contribution in [1.82, 2.24) is 9.88 Å². The van der Waals surface area contributed by atoms with Gasteiger partial charge in [0.25, 0.3) is 0 Å². The third kappa shape index (κ3) is 5.14. The predicted molar refractivity (Wildman–Crippen MR) is 118 cm³/mol. The molecule has 2 aromatic rings. The summed E-state index contributed by atoms with van der Waals surface area (Å²) >= 11 is 0. The van der Waals surface area contributed by atoms with Crippen LogP contribution in [0.3, 0.4) is 0 Å². The van der Waals surface area contributed by atoms with Crippen molar-refractivity contribution >= 4 is 21.5 Å². The van der Waals surface area contributed by atoms with Gasteiger partial charge in [-0.3, -0.25) is 9.69 Å². The summed E-state index contributed by atoms with van der Waals surface area (Å²) in [6.45, 7) is 5.96. The number of carbonyl (C=O) groups excluding carboxylic acids is 1. The van der Waals surface area contributed by atoms with Crippen LogP contribution in [0, 0.1) is 0 Å². The zero-order chi connectivity index (χ0) is 23.8. The lowest BCUT2D eigenvalue weighted by Gasteiger charge is -2.38. The highest BCUT2D eigenvalue weighted by Gasteiger charge is 2.39. The Labute approximate surface area is 190 Å². The molecule has 0 saturated carbocycles. The van der Waals surface area contributed by atoms with Gasteiger partial charge in [0.1, 0.15) is 11.6 Å². The fraction of sp³-hybridized carbons (Fsp3) is 0.455. The monoisotopic (exact) mass is 482 g/mol. The molecule has 0 bridgehead atoms. The maximum atomic E-state index is 12.5. The molecule has 33 heavy (non-hydrogen) atoms. The minimum Gasteiger partial charge on any atom is -0.493 e. The fourth-order valence-electron chi connectivity index (χ4n) is 4.04. The van der Waals surface area contributed by atoms with Crippen LogP contribution in [-0.4, -0.2) is 65.2 Å². The molecule has 4 rings (SSSR count). The number of alkyl halides is 3. The van der Waals surface area contributed by atoms with Gasteiger partial charge in [-0.05, 0) is 36.2 Å². The van der Waals surface area contributed by atoms with E-state index in [0.29, 0.717) is 5.82 Å². The highest BCUT2D eigenvalue weighted by atomic mass is 32.2. The van der Waals surface area contributed by atoms with Crippen LogP contribution in [-0.2, 0) is 20.9 Å². The molecule has 1 amide bonds. The number of anilines is 1. The van der Waals surface area contributed by atoms with E-state index in [2.05, 4.69) is 44.3 Å². The average molecular weight is 483 g/mol. The number of pyridine rings is 1. The van der Waals surface area contributed by atoms with Gasteiger partial charge >= 0.3 is 12.1 Å². The van der Waals surface area contributed by atoms with E-state index in [9.17, 15) is 22.2 Å². The van der Waals surface area contributed by atoms with Crippen molar-refractivity contribution in [3.8, 4) is 5.75 Å². The third-order valence-corrected chi connectivity index (χ3v) is 7.68. The largest absolute Gasteiger partial charge is 0.493 e. The van der Waals surface area contributed by atoms with Crippen molar-refractivity contribution in [2.45, 2.75) is 30.5 Å². The molecule has 2 aliphatic rings. The Morgan fingerprint density at radius 3 is 2.55 bits per heavy atom. The van der Waals surface area contributed by atoms with E-state index in [-0.39, 0.29) is 10.9 Å². The van der Waals surface area contributed by atoms with Crippen molar-refractivity contribution in [1.29, 1.82) is 0 Å². The number of ether oxygens (including phenoxy) is 1. The highest BCUT2D eigenvalue weighted by molar-refractivity contribution is 7.93. The van der Waals surface area contributed by atoms with E-state index < -0.39 is 21.8 Å². The lowest BCUT2D eigenvalue weighted by atomic mass is 10.0. The van der Waals surface area contributed by atoms with Crippen molar-refractivity contribution < 1.29 is 26.9 Å². The SMILES string of the molecule is C[C@H](c1ccc2c(c1)OCC2)N1CCN(c2ccc(S(C)(=O)=NC(=O)C(F)(F)F)cn2)CC1. The maximum Gasteiger partial charge on any atom is 0.474 e. The second kappa shape index (κ2) is 8.94. The molecule has 2 aliphatic heterocycles. The fourth-order valence-corrected chi connectivity index (χ4v) is 5.13. The summed E-state index contributed by atoms with van der Waals surface area (Å²) in [4.78, 5) is 19.8. The van der Waals surface area contributed by atoms with E-state index in [4.69, 9.17) is 4.74 Å². The van der Waals surface area contributed by atoms with Crippen molar-refractivity contribution in [2.24, 2.45) is 4.36 Å². The number of halogens is 3. The molecule has 7 nitrogen and oxygen atoms in total. The van der Waals surface area contributed by atoms with E-state index in [1.54, 1.807) is 6.07 Å². The standard InChI is InChI=1S/C22H25F3N4O3S/c1-15(17-4-3-16-7-12-32-19(16)13-17)28-8-10-29(11-9-28)20-6-5-18(14-26-20)33(2,31)27-21(30)22(23,24)25/h3-6,13-15H,7-12H2,1-2H3/t15-,33?/m1/s1. The first kappa shape index (κ1) is 23.5. The van der Waals surface area contributed by atoms with Crippen molar-refractivity contribution in [2.75, 3.05) is 43.9 Å². The number of benzene rings is 1. The summed E-state index contributed by atoms with van der Waals surface area (Å²) in [7, 11) is -3.54. The molecule has 0 aliphatic carbocycles. The highest BCUT2D eigenvalue weighted by Crippen LogP contribution is 2.31. The smallest absolute Gasteiger partial charge is 0.474 e. The van der Waals surface area contributed by atoms with Gasteiger partial charge in [0.15, 0.2) is 0 Å². The van der Waals surface area contributed by atoms with Crippen LogP contribution >= 0.6 is 0 Å². The lowest BCUT2D eigenvalue weighted by molar-refractivity contribution is -0.169.